The molecule has 0 aliphatic heterocycles. The number of halogens is 2. The van der Waals surface area contributed by atoms with Gasteiger partial charge in [0.05, 0.1) is 17.1 Å². The Morgan fingerprint density at radius 2 is 2.08 bits per heavy atom. The number of benzene rings is 1. The van der Waals surface area contributed by atoms with Gasteiger partial charge in [0.15, 0.2) is 0 Å². The van der Waals surface area contributed by atoms with E-state index in [0.717, 1.165) is 49.1 Å². The first-order valence-electron chi connectivity index (χ1n) is 8.38. The third-order valence-corrected chi connectivity index (χ3v) is 4.65. The Labute approximate surface area is 153 Å². The maximum atomic E-state index is 9.04. The fraction of sp³-hybridized carbons (Fsp3) is 0.500. The van der Waals surface area contributed by atoms with Crippen LogP contribution in [0.25, 0.3) is 10.9 Å². The number of hydrogen-bond donors (Lipinski definition) is 2. The summed E-state index contributed by atoms with van der Waals surface area (Å²) in [7, 11) is 0. The molecule has 24 heavy (non-hydrogen) atoms. The predicted molar refractivity (Wildman–Crippen MR) is 103 cm³/mol. The van der Waals surface area contributed by atoms with Gasteiger partial charge in [0.1, 0.15) is 0 Å². The molecule has 0 spiro atoms. The first kappa shape index (κ1) is 19.3. The molecule has 0 fully saturated rings. The Morgan fingerprint density at radius 3 is 2.79 bits per heavy atom. The molecule has 1 atom stereocenters. The molecule has 0 unspecified atom stereocenters. The Kier molecular flexibility index (Phi) is 7.56. The van der Waals surface area contributed by atoms with Gasteiger partial charge >= 0.3 is 0 Å². The highest BCUT2D eigenvalue weighted by Crippen LogP contribution is 2.32. The van der Waals surface area contributed by atoms with Crippen LogP contribution in [0.5, 0.6) is 0 Å². The predicted octanol–water partition coefficient (Wildman–Crippen LogP) is 4.44. The van der Waals surface area contributed by atoms with Crippen molar-refractivity contribution in [3.8, 4) is 0 Å². The molecule has 1 aromatic heterocycles. The number of anilines is 1. The summed E-state index contributed by atoms with van der Waals surface area (Å²) >= 11 is 12.4. The molecule has 0 aliphatic rings. The molecule has 0 aliphatic carbocycles. The topological polar surface area (TPSA) is 48.4 Å². The standard InChI is InChI=1S/C18H25Cl2N3O/c1-3-23(9-10-24)8-4-5-13(2)22-16-6-7-21-17-12-14(19)11-15(20)18(16)17/h6-7,11-13,24H,3-5,8-10H2,1-2H3,(H,21,22)/t13-/m0/s1. The summed E-state index contributed by atoms with van der Waals surface area (Å²) in [5.41, 5.74) is 1.78. The molecule has 132 valence electrons. The Balaban J connectivity index is 1.99. The lowest BCUT2D eigenvalue weighted by Gasteiger charge is -2.21. The molecule has 2 N–H and O–H groups in total. The summed E-state index contributed by atoms with van der Waals surface area (Å²) in [5.74, 6) is 0. The van der Waals surface area contributed by atoms with E-state index in [1.165, 1.54) is 0 Å². The Morgan fingerprint density at radius 1 is 1.29 bits per heavy atom. The number of aliphatic hydroxyl groups is 1. The van der Waals surface area contributed by atoms with E-state index in [1.807, 2.05) is 12.1 Å². The second-order valence-electron chi connectivity index (χ2n) is 5.99. The van der Waals surface area contributed by atoms with Gasteiger partial charge in [-0.1, -0.05) is 30.1 Å². The summed E-state index contributed by atoms with van der Waals surface area (Å²) in [6, 6.07) is 5.84. The number of hydrogen-bond acceptors (Lipinski definition) is 4. The third-order valence-electron chi connectivity index (χ3n) is 4.14. The molecular formula is C18H25Cl2N3O. The van der Waals surface area contributed by atoms with Gasteiger partial charge in [-0.25, -0.2) is 0 Å². The van der Waals surface area contributed by atoms with E-state index in [-0.39, 0.29) is 6.61 Å². The normalized spacial score (nSPS) is 12.8. The van der Waals surface area contributed by atoms with E-state index in [0.29, 0.717) is 16.1 Å². The molecule has 1 aromatic carbocycles. The second-order valence-corrected chi connectivity index (χ2v) is 6.83. The van der Waals surface area contributed by atoms with Gasteiger partial charge in [0, 0.05) is 34.9 Å². The molecule has 4 nitrogen and oxygen atoms in total. The van der Waals surface area contributed by atoms with E-state index < -0.39 is 0 Å². The zero-order valence-corrected chi connectivity index (χ0v) is 15.7. The summed E-state index contributed by atoms with van der Waals surface area (Å²) in [6.45, 7) is 7.20. The minimum absolute atomic E-state index is 0.214. The Hall–Kier alpha value is -1.07. The number of nitrogens with one attached hydrogen (secondary N) is 1. The minimum Gasteiger partial charge on any atom is -0.395 e. The van der Waals surface area contributed by atoms with Gasteiger partial charge in [-0.2, -0.15) is 0 Å². The monoisotopic (exact) mass is 369 g/mol. The molecule has 0 saturated carbocycles. The fourth-order valence-electron chi connectivity index (χ4n) is 2.85. The van der Waals surface area contributed by atoms with Crippen LogP contribution >= 0.6 is 23.2 Å². The summed E-state index contributed by atoms with van der Waals surface area (Å²) in [4.78, 5) is 6.61. The zero-order chi connectivity index (χ0) is 17.5. The van der Waals surface area contributed by atoms with E-state index >= 15 is 0 Å². The van der Waals surface area contributed by atoms with E-state index in [4.69, 9.17) is 28.3 Å². The van der Waals surface area contributed by atoms with E-state index in [9.17, 15) is 0 Å². The second kappa shape index (κ2) is 9.42. The molecule has 0 bridgehead atoms. The van der Waals surface area contributed by atoms with Crippen molar-refractivity contribution in [2.45, 2.75) is 32.7 Å². The van der Waals surface area contributed by atoms with Gasteiger partial charge in [0.25, 0.3) is 0 Å². The number of aromatic nitrogens is 1. The van der Waals surface area contributed by atoms with Crippen LogP contribution in [0.1, 0.15) is 26.7 Å². The summed E-state index contributed by atoms with van der Waals surface area (Å²) < 4.78 is 0. The van der Waals surface area contributed by atoms with Crippen molar-refractivity contribution in [3.05, 3.63) is 34.4 Å². The van der Waals surface area contributed by atoms with Gasteiger partial charge in [-0.05, 0) is 51.1 Å². The van der Waals surface area contributed by atoms with Crippen LogP contribution in [0, 0.1) is 0 Å². The summed E-state index contributed by atoms with van der Waals surface area (Å²) in [6.07, 6.45) is 3.88. The quantitative estimate of drug-likeness (QED) is 0.685. The highest BCUT2D eigenvalue weighted by atomic mass is 35.5. The van der Waals surface area contributed by atoms with Crippen molar-refractivity contribution in [3.63, 3.8) is 0 Å². The van der Waals surface area contributed by atoms with Crippen molar-refractivity contribution in [1.82, 2.24) is 9.88 Å². The molecule has 0 saturated heterocycles. The van der Waals surface area contributed by atoms with Gasteiger partial charge in [-0.3, -0.25) is 4.98 Å². The third kappa shape index (κ3) is 5.21. The van der Waals surface area contributed by atoms with Crippen LogP contribution in [0.2, 0.25) is 10.0 Å². The largest absolute Gasteiger partial charge is 0.395 e. The molecule has 0 radical (unpaired) electrons. The van der Waals surface area contributed by atoms with E-state index in [2.05, 4.69) is 29.0 Å². The molecule has 2 aromatic rings. The highest BCUT2D eigenvalue weighted by molar-refractivity contribution is 6.39. The van der Waals surface area contributed by atoms with Crippen molar-refractivity contribution in [1.29, 1.82) is 0 Å². The van der Waals surface area contributed by atoms with E-state index in [1.54, 1.807) is 12.3 Å². The number of aliphatic hydroxyl groups excluding tert-OH is 1. The lowest BCUT2D eigenvalue weighted by molar-refractivity contribution is 0.199. The maximum absolute atomic E-state index is 9.04. The smallest absolute Gasteiger partial charge is 0.0752 e. The van der Waals surface area contributed by atoms with Crippen molar-refractivity contribution >= 4 is 39.8 Å². The van der Waals surface area contributed by atoms with Crippen LogP contribution in [0.4, 0.5) is 5.69 Å². The highest BCUT2D eigenvalue weighted by Gasteiger charge is 2.11. The van der Waals surface area contributed by atoms with Gasteiger partial charge < -0.3 is 15.3 Å². The zero-order valence-electron chi connectivity index (χ0n) is 14.2. The number of pyridine rings is 1. The molecule has 1 heterocycles. The molecule has 2 rings (SSSR count). The molecular weight excluding hydrogens is 345 g/mol. The van der Waals surface area contributed by atoms with Crippen LogP contribution in [0.3, 0.4) is 0 Å². The van der Waals surface area contributed by atoms with Crippen LogP contribution in [-0.2, 0) is 0 Å². The average molecular weight is 370 g/mol. The van der Waals surface area contributed by atoms with Crippen LogP contribution < -0.4 is 5.32 Å². The van der Waals surface area contributed by atoms with Gasteiger partial charge in [0.2, 0.25) is 0 Å². The van der Waals surface area contributed by atoms with Crippen LogP contribution in [-0.4, -0.2) is 47.3 Å². The lowest BCUT2D eigenvalue weighted by atomic mass is 10.1. The average Bonchev–Trinajstić information content (AvgIpc) is 2.53. The maximum Gasteiger partial charge on any atom is 0.0752 e. The fourth-order valence-corrected chi connectivity index (χ4v) is 3.44. The Bertz CT molecular complexity index is 666. The summed E-state index contributed by atoms with van der Waals surface area (Å²) in [5, 5.41) is 14.7. The lowest BCUT2D eigenvalue weighted by Crippen LogP contribution is -2.28. The molecule has 6 heteroatoms. The molecule has 0 amide bonds. The van der Waals surface area contributed by atoms with Crippen molar-refractivity contribution in [2.24, 2.45) is 0 Å². The SMILES string of the molecule is CCN(CCO)CCC[C@H](C)Nc1ccnc2cc(Cl)cc(Cl)c12. The van der Waals surface area contributed by atoms with Crippen molar-refractivity contribution in [2.75, 3.05) is 31.6 Å². The number of nitrogens with zero attached hydrogens (tertiary/aromatic N) is 2. The number of rotatable bonds is 9. The van der Waals surface area contributed by atoms with Gasteiger partial charge in [-0.15, -0.1) is 0 Å². The van der Waals surface area contributed by atoms with Crippen molar-refractivity contribution < 1.29 is 5.11 Å². The number of fused-ring (bicyclic) bond motifs is 1. The minimum atomic E-state index is 0.214. The first-order chi connectivity index (χ1) is 11.5. The number of likely N-dealkylation sites (N-methyl/N-ethyl adjacent to an activating group) is 1. The van der Waals surface area contributed by atoms with Crippen LogP contribution in [0.15, 0.2) is 24.4 Å². The first-order valence-corrected chi connectivity index (χ1v) is 9.14.